The molecule has 2 fully saturated rings. The maximum absolute atomic E-state index is 14.1. The predicted octanol–water partition coefficient (Wildman–Crippen LogP) is 6.26. The standard InChI is InChI=1S/C31H32ClF4N3O3S/c1-20-7-8-22(32)18-28(20)37-13-15-38(16-14-37)30(40)26-19-39(12-11-25(26)24-10-9-23(33)17-21(24)2)43(41,42)29-6-4-3-5-27(29)31(34,35)36/h3-10,17-18,25-26H,11-16,19H2,1-2H3/t25-,26-/m1/s1. The van der Waals surface area contributed by atoms with Crippen molar-refractivity contribution in [2.24, 2.45) is 5.92 Å². The third-order valence-corrected chi connectivity index (χ3v) is 10.6. The van der Waals surface area contributed by atoms with Crippen molar-refractivity contribution in [3.63, 3.8) is 0 Å². The first-order chi connectivity index (χ1) is 20.3. The van der Waals surface area contributed by atoms with E-state index >= 15 is 0 Å². The Morgan fingerprint density at radius 1 is 0.907 bits per heavy atom. The molecule has 230 valence electrons. The summed E-state index contributed by atoms with van der Waals surface area (Å²) in [4.78, 5) is 17.1. The first-order valence-corrected chi connectivity index (χ1v) is 15.8. The molecule has 2 aliphatic heterocycles. The van der Waals surface area contributed by atoms with Crippen molar-refractivity contribution in [3.8, 4) is 0 Å². The number of alkyl halides is 3. The van der Waals surface area contributed by atoms with Crippen LogP contribution < -0.4 is 4.90 Å². The molecule has 0 unspecified atom stereocenters. The summed E-state index contributed by atoms with van der Waals surface area (Å²) in [5.74, 6) is -2.02. The van der Waals surface area contributed by atoms with E-state index < -0.39 is 44.3 Å². The third kappa shape index (κ3) is 6.39. The summed E-state index contributed by atoms with van der Waals surface area (Å²) < 4.78 is 83.6. The van der Waals surface area contributed by atoms with Gasteiger partial charge in [-0.1, -0.05) is 35.9 Å². The van der Waals surface area contributed by atoms with Gasteiger partial charge in [0.15, 0.2) is 0 Å². The lowest BCUT2D eigenvalue weighted by Crippen LogP contribution is -2.54. The molecule has 0 aromatic heterocycles. The van der Waals surface area contributed by atoms with Gasteiger partial charge in [0.25, 0.3) is 0 Å². The van der Waals surface area contributed by atoms with Crippen molar-refractivity contribution in [1.29, 1.82) is 0 Å². The van der Waals surface area contributed by atoms with E-state index in [0.29, 0.717) is 36.8 Å². The highest BCUT2D eigenvalue weighted by atomic mass is 35.5. The summed E-state index contributed by atoms with van der Waals surface area (Å²) in [6, 6.07) is 14.0. The van der Waals surface area contributed by atoms with E-state index in [1.54, 1.807) is 17.9 Å². The molecule has 0 spiro atoms. The summed E-state index contributed by atoms with van der Waals surface area (Å²) in [7, 11) is -4.59. The number of rotatable bonds is 5. The first kappa shape index (κ1) is 31.3. The van der Waals surface area contributed by atoms with E-state index in [2.05, 4.69) is 4.90 Å². The zero-order chi connectivity index (χ0) is 31.1. The molecule has 0 N–H and O–H groups in total. The van der Waals surface area contributed by atoms with Gasteiger partial charge in [-0.15, -0.1) is 0 Å². The first-order valence-electron chi connectivity index (χ1n) is 14.0. The molecule has 12 heteroatoms. The van der Waals surface area contributed by atoms with Crippen LogP contribution in [0.25, 0.3) is 0 Å². The molecule has 0 aliphatic carbocycles. The van der Waals surface area contributed by atoms with Gasteiger partial charge >= 0.3 is 6.18 Å². The monoisotopic (exact) mass is 637 g/mol. The number of aryl methyl sites for hydroxylation is 2. The van der Waals surface area contributed by atoms with E-state index in [0.717, 1.165) is 39.3 Å². The van der Waals surface area contributed by atoms with Gasteiger partial charge in [0.05, 0.1) is 16.4 Å². The number of hydrogen-bond donors (Lipinski definition) is 0. The fourth-order valence-electron chi connectivity index (χ4n) is 6.21. The summed E-state index contributed by atoms with van der Waals surface area (Å²) in [6.45, 7) is 5.15. The maximum Gasteiger partial charge on any atom is 0.417 e. The Bertz CT molecular complexity index is 1620. The minimum absolute atomic E-state index is 0.0817. The number of amides is 1. The van der Waals surface area contributed by atoms with E-state index in [1.807, 2.05) is 25.1 Å². The van der Waals surface area contributed by atoms with Gasteiger partial charge in [0.1, 0.15) is 5.82 Å². The summed E-state index contributed by atoms with van der Waals surface area (Å²) in [5.41, 5.74) is 2.12. The highest BCUT2D eigenvalue weighted by molar-refractivity contribution is 7.89. The number of anilines is 1. The van der Waals surface area contributed by atoms with Crippen molar-refractivity contribution >= 4 is 33.2 Å². The second kappa shape index (κ2) is 12.1. The van der Waals surface area contributed by atoms with Crippen LogP contribution in [0.15, 0.2) is 65.6 Å². The molecular formula is C31H32ClF4N3O3S. The second-order valence-electron chi connectivity index (χ2n) is 11.1. The highest BCUT2D eigenvalue weighted by Gasteiger charge is 2.45. The molecule has 0 bridgehead atoms. The lowest BCUT2D eigenvalue weighted by atomic mass is 9.78. The minimum Gasteiger partial charge on any atom is -0.368 e. The van der Waals surface area contributed by atoms with E-state index in [9.17, 15) is 30.8 Å². The van der Waals surface area contributed by atoms with Crippen molar-refractivity contribution < 1.29 is 30.8 Å². The number of piperidine rings is 1. The number of halogens is 5. The Morgan fingerprint density at radius 2 is 1.60 bits per heavy atom. The van der Waals surface area contributed by atoms with Gasteiger partial charge < -0.3 is 9.80 Å². The smallest absolute Gasteiger partial charge is 0.368 e. The number of benzene rings is 3. The van der Waals surface area contributed by atoms with Gasteiger partial charge in [-0.25, -0.2) is 12.8 Å². The molecule has 3 aromatic rings. The topological polar surface area (TPSA) is 60.9 Å². The Labute approximate surface area is 253 Å². The predicted molar refractivity (Wildman–Crippen MR) is 157 cm³/mol. The van der Waals surface area contributed by atoms with E-state index in [-0.39, 0.29) is 25.4 Å². The zero-order valence-electron chi connectivity index (χ0n) is 23.7. The number of nitrogens with zero attached hydrogens (tertiary/aromatic N) is 3. The van der Waals surface area contributed by atoms with Gasteiger partial charge in [-0.2, -0.15) is 17.5 Å². The largest absolute Gasteiger partial charge is 0.417 e. The molecule has 5 rings (SSSR count). The average Bonchev–Trinajstić information content (AvgIpc) is 2.97. The molecule has 2 heterocycles. The molecule has 0 saturated carbocycles. The lowest BCUT2D eigenvalue weighted by Gasteiger charge is -2.42. The van der Waals surface area contributed by atoms with Crippen LogP contribution in [0, 0.1) is 25.6 Å². The van der Waals surface area contributed by atoms with E-state index in [1.165, 1.54) is 18.2 Å². The molecular weight excluding hydrogens is 606 g/mol. The summed E-state index contributed by atoms with van der Waals surface area (Å²) >= 11 is 6.21. The average molecular weight is 638 g/mol. The normalized spacial score (nSPS) is 20.3. The Morgan fingerprint density at radius 3 is 2.28 bits per heavy atom. The molecule has 2 atom stereocenters. The molecule has 0 radical (unpaired) electrons. The third-order valence-electron chi connectivity index (χ3n) is 8.44. The van der Waals surface area contributed by atoms with Crippen LogP contribution in [0.4, 0.5) is 23.2 Å². The van der Waals surface area contributed by atoms with Crippen LogP contribution in [0.3, 0.4) is 0 Å². The van der Waals surface area contributed by atoms with Gasteiger partial charge in [0.2, 0.25) is 15.9 Å². The van der Waals surface area contributed by atoms with Crippen LogP contribution in [0.1, 0.15) is 34.6 Å². The number of carbonyl (C=O) groups is 1. The Balaban J connectivity index is 1.44. The van der Waals surface area contributed by atoms with Gasteiger partial charge in [-0.05, 0) is 79.3 Å². The molecule has 2 aliphatic rings. The fraction of sp³-hybridized carbons (Fsp3) is 0.387. The second-order valence-corrected chi connectivity index (χ2v) is 13.4. The van der Waals surface area contributed by atoms with E-state index in [4.69, 9.17) is 11.6 Å². The maximum atomic E-state index is 14.1. The Hall–Kier alpha value is -3.15. The Kier molecular flexibility index (Phi) is 8.79. The van der Waals surface area contributed by atoms with Gasteiger partial charge in [0, 0.05) is 50.0 Å². The molecule has 2 saturated heterocycles. The van der Waals surface area contributed by atoms with Crippen molar-refractivity contribution in [2.75, 3.05) is 44.2 Å². The number of hydrogen-bond acceptors (Lipinski definition) is 4. The van der Waals surface area contributed by atoms with Crippen LogP contribution in [0.2, 0.25) is 5.02 Å². The van der Waals surface area contributed by atoms with Crippen LogP contribution in [-0.2, 0) is 21.0 Å². The fourth-order valence-corrected chi connectivity index (χ4v) is 8.07. The van der Waals surface area contributed by atoms with Crippen LogP contribution in [0.5, 0.6) is 0 Å². The molecule has 43 heavy (non-hydrogen) atoms. The summed E-state index contributed by atoms with van der Waals surface area (Å²) in [5, 5.41) is 0.604. The minimum atomic E-state index is -4.87. The number of piperazine rings is 1. The molecule has 3 aromatic carbocycles. The van der Waals surface area contributed by atoms with Crippen LogP contribution in [-0.4, -0.2) is 62.8 Å². The SMILES string of the molecule is Cc1cc(F)ccc1[C@H]1CCN(S(=O)(=O)c2ccccc2C(F)(F)F)C[C@H]1C(=O)N1CCN(c2cc(Cl)ccc2C)CC1. The van der Waals surface area contributed by atoms with Crippen molar-refractivity contribution in [3.05, 3.63) is 93.8 Å². The molecule has 6 nitrogen and oxygen atoms in total. The molecule has 1 amide bonds. The highest BCUT2D eigenvalue weighted by Crippen LogP contribution is 2.40. The zero-order valence-corrected chi connectivity index (χ0v) is 25.3. The number of sulfonamides is 1. The van der Waals surface area contributed by atoms with Crippen molar-refractivity contribution in [1.82, 2.24) is 9.21 Å². The van der Waals surface area contributed by atoms with Crippen LogP contribution >= 0.6 is 11.6 Å². The quantitative estimate of drug-likeness (QED) is 0.310. The lowest BCUT2D eigenvalue weighted by molar-refractivity contribution is -0.140. The summed E-state index contributed by atoms with van der Waals surface area (Å²) in [6.07, 6.45) is -4.68. The van der Waals surface area contributed by atoms with Gasteiger partial charge in [-0.3, -0.25) is 4.79 Å². The number of carbonyl (C=O) groups excluding carboxylic acids is 1. The van der Waals surface area contributed by atoms with Crippen molar-refractivity contribution in [2.45, 2.75) is 37.3 Å².